The standard InChI is InChI=1S/C23H35N5O3.C23H32N4O3/c24-21(25)19-5-7-20(8-6-19)31-17-3-14-28-16-15-27(22(29)23(28)30)13-2-1-4-18-9-11-26-12-10-18;1-24-20-6-8-21(9-7-20)30-18-4-15-27-17-16-26(22(28)23(27)29)14-3-2-5-19-10-12-25-13-11-19/h5-8,18,26H,1-4,9-17H2,(H3,24,25);6-9,19,25H,2-5,10-18H2. The number of nitrogens with one attached hydrogen (secondary N) is 3. The fourth-order valence-corrected chi connectivity index (χ4v) is 8.33. The third-order valence-electron chi connectivity index (χ3n) is 12.1. The molecule has 4 fully saturated rings. The molecule has 0 aliphatic carbocycles. The van der Waals surface area contributed by atoms with Gasteiger partial charge in [0.05, 0.1) is 19.8 Å². The minimum atomic E-state index is -0.393. The van der Waals surface area contributed by atoms with Gasteiger partial charge in [0.25, 0.3) is 0 Å². The first-order valence-corrected chi connectivity index (χ1v) is 22.5. The number of carbonyl (C=O) groups is 4. The van der Waals surface area contributed by atoms with E-state index in [2.05, 4.69) is 15.5 Å². The van der Waals surface area contributed by atoms with Crippen molar-refractivity contribution in [2.75, 3.05) is 91.8 Å². The van der Waals surface area contributed by atoms with Gasteiger partial charge in [-0.3, -0.25) is 24.6 Å². The van der Waals surface area contributed by atoms with Crippen molar-refractivity contribution >= 4 is 35.2 Å². The van der Waals surface area contributed by atoms with E-state index in [1.807, 2.05) is 0 Å². The largest absolute Gasteiger partial charge is 0.494 e. The number of amidine groups is 1. The van der Waals surface area contributed by atoms with E-state index < -0.39 is 5.91 Å². The van der Waals surface area contributed by atoms with Gasteiger partial charge in [0.15, 0.2) is 5.69 Å². The molecule has 61 heavy (non-hydrogen) atoms. The van der Waals surface area contributed by atoms with Gasteiger partial charge in [-0.25, -0.2) is 4.85 Å². The van der Waals surface area contributed by atoms with E-state index in [0.717, 1.165) is 63.7 Å². The number of piperidine rings is 2. The molecule has 2 aromatic carbocycles. The van der Waals surface area contributed by atoms with Gasteiger partial charge in [-0.2, -0.15) is 0 Å². The second kappa shape index (κ2) is 25.5. The Morgan fingerprint density at radius 3 is 1.31 bits per heavy atom. The maximum absolute atomic E-state index is 12.4. The SMILES string of the molecule is N=C(N)c1ccc(OCCCN2CCN(CCCCC3CCNCC3)C(=O)C2=O)cc1.[C-]#[N+]c1ccc(OCCCN2CCN(CCCCC3CCNCC3)C(=O)C2=O)cc1. The summed E-state index contributed by atoms with van der Waals surface area (Å²) < 4.78 is 11.3. The predicted molar refractivity (Wildman–Crippen MR) is 236 cm³/mol. The number of nitrogen functional groups attached to an aromatic ring is 1. The van der Waals surface area contributed by atoms with Crippen LogP contribution in [0.5, 0.6) is 11.5 Å². The second-order valence-electron chi connectivity index (χ2n) is 16.5. The number of ether oxygens (including phenoxy) is 2. The third kappa shape index (κ3) is 15.7. The van der Waals surface area contributed by atoms with Crippen molar-refractivity contribution in [3.05, 3.63) is 65.5 Å². The highest BCUT2D eigenvalue weighted by molar-refractivity contribution is 6.35. The highest BCUT2D eigenvalue weighted by Gasteiger charge is 2.33. The van der Waals surface area contributed by atoms with Crippen molar-refractivity contribution in [3.8, 4) is 11.5 Å². The number of nitrogens with two attached hydrogens (primary N) is 1. The molecule has 2 aromatic rings. The summed E-state index contributed by atoms with van der Waals surface area (Å²) in [5, 5.41) is 14.2. The molecule has 0 spiro atoms. The highest BCUT2D eigenvalue weighted by Crippen LogP contribution is 2.21. The smallest absolute Gasteiger partial charge is 0.312 e. The molecule has 0 bridgehead atoms. The third-order valence-corrected chi connectivity index (χ3v) is 12.1. The van der Waals surface area contributed by atoms with Gasteiger partial charge in [0.1, 0.15) is 17.3 Å². The van der Waals surface area contributed by atoms with Crippen LogP contribution in [0.25, 0.3) is 4.85 Å². The Bertz CT molecular complexity index is 1740. The van der Waals surface area contributed by atoms with Gasteiger partial charge < -0.3 is 45.4 Å². The monoisotopic (exact) mass is 842 g/mol. The molecule has 15 heteroatoms. The average Bonchev–Trinajstić information content (AvgIpc) is 3.29. The lowest BCUT2D eigenvalue weighted by Gasteiger charge is -2.34. The molecule has 15 nitrogen and oxygen atoms in total. The maximum Gasteiger partial charge on any atom is 0.312 e. The number of carbonyl (C=O) groups excluding carboxylic acids is 4. The van der Waals surface area contributed by atoms with Crippen LogP contribution in [-0.2, 0) is 19.2 Å². The highest BCUT2D eigenvalue weighted by atomic mass is 16.5. The number of hydrogen-bond donors (Lipinski definition) is 4. The Balaban J connectivity index is 0.000000231. The van der Waals surface area contributed by atoms with E-state index in [0.29, 0.717) is 101 Å². The van der Waals surface area contributed by atoms with E-state index in [1.54, 1.807) is 68.1 Å². The summed E-state index contributed by atoms with van der Waals surface area (Å²) in [6.07, 6.45) is 13.0. The lowest BCUT2D eigenvalue weighted by atomic mass is 9.92. The Kier molecular flexibility index (Phi) is 19.6. The first-order valence-electron chi connectivity index (χ1n) is 22.5. The van der Waals surface area contributed by atoms with Crippen LogP contribution < -0.4 is 25.8 Å². The Morgan fingerprint density at radius 1 is 0.590 bits per heavy atom. The number of piperazine rings is 2. The zero-order valence-electron chi connectivity index (χ0n) is 35.9. The fraction of sp³-hybridized carbons (Fsp3) is 0.609. The molecular formula is C46H67N9O6. The summed E-state index contributed by atoms with van der Waals surface area (Å²) >= 11 is 0. The number of amides is 4. The van der Waals surface area contributed by atoms with Gasteiger partial charge >= 0.3 is 23.6 Å². The summed E-state index contributed by atoms with van der Waals surface area (Å²) in [5.74, 6) is 1.54. The van der Waals surface area contributed by atoms with Crippen molar-refractivity contribution in [2.45, 2.75) is 77.0 Å². The number of benzene rings is 2. The van der Waals surface area contributed by atoms with Crippen molar-refractivity contribution < 1.29 is 28.7 Å². The van der Waals surface area contributed by atoms with Crippen LogP contribution in [0, 0.1) is 23.8 Å². The van der Waals surface area contributed by atoms with Crippen LogP contribution in [0.3, 0.4) is 0 Å². The second-order valence-corrected chi connectivity index (χ2v) is 16.5. The summed E-state index contributed by atoms with van der Waals surface area (Å²) in [4.78, 5) is 59.8. The molecule has 0 unspecified atom stereocenters. The number of nitrogens with zero attached hydrogens (tertiary/aromatic N) is 5. The molecule has 4 aliphatic heterocycles. The Morgan fingerprint density at radius 2 is 0.951 bits per heavy atom. The molecular weight excluding hydrogens is 775 g/mol. The molecule has 0 saturated carbocycles. The molecule has 332 valence electrons. The predicted octanol–water partition coefficient (Wildman–Crippen LogP) is 4.43. The molecule has 4 saturated heterocycles. The molecule has 0 atom stereocenters. The molecule has 5 N–H and O–H groups in total. The van der Waals surface area contributed by atoms with Crippen molar-refractivity contribution in [1.29, 1.82) is 5.41 Å². The number of unbranched alkanes of at least 4 members (excludes halogenated alkanes) is 2. The molecule has 6 rings (SSSR count). The van der Waals surface area contributed by atoms with Crippen LogP contribution in [0.15, 0.2) is 48.5 Å². The van der Waals surface area contributed by atoms with Gasteiger partial charge in [0, 0.05) is 57.9 Å². The van der Waals surface area contributed by atoms with Crippen molar-refractivity contribution in [3.63, 3.8) is 0 Å². The van der Waals surface area contributed by atoms with Crippen LogP contribution in [0.1, 0.15) is 82.6 Å². The van der Waals surface area contributed by atoms with Gasteiger partial charge in [-0.05, 0) is 126 Å². The van der Waals surface area contributed by atoms with E-state index >= 15 is 0 Å². The summed E-state index contributed by atoms with van der Waals surface area (Å²) in [7, 11) is 0. The van der Waals surface area contributed by atoms with Crippen LogP contribution >= 0.6 is 0 Å². The topological polar surface area (TPSA) is 178 Å². The molecule has 4 amide bonds. The lowest BCUT2D eigenvalue weighted by Crippen LogP contribution is -2.54. The number of hydrogen-bond acceptors (Lipinski definition) is 9. The van der Waals surface area contributed by atoms with E-state index in [4.69, 9.17) is 27.2 Å². The van der Waals surface area contributed by atoms with Gasteiger partial charge in [0.2, 0.25) is 0 Å². The lowest BCUT2D eigenvalue weighted by molar-refractivity contribution is -0.156. The zero-order valence-corrected chi connectivity index (χ0v) is 35.9. The normalized spacial score (nSPS) is 17.8. The summed E-state index contributed by atoms with van der Waals surface area (Å²) in [6.45, 7) is 17.2. The van der Waals surface area contributed by atoms with E-state index in [9.17, 15) is 19.2 Å². The quantitative estimate of drug-likeness (QED) is 0.0466. The minimum absolute atomic E-state index is 0.0237. The molecule has 4 heterocycles. The Hall–Kier alpha value is -5.20. The summed E-state index contributed by atoms with van der Waals surface area (Å²) in [5.41, 5.74) is 6.67. The van der Waals surface area contributed by atoms with Crippen LogP contribution in [0.4, 0.5) is 5.69 Å². The van der Waals surface area contributed by atoms with Crippen LogP contribution in [0.2, 0.25) is 0 Å². The summed E-state index contributed by atoms with van der Waals surface area (Å²) in [6, 6.07) is 14.0. The molecule has 4 aliphatic rings. The molecule has 0 radical (unpaired) electrons. The van der Waals surface area contributed by atoms with Crippen molar-refractivity contribution in [1.82, 2.24) is 30.2 Å². The van der Waals surface area contributed by atoms with Gasteiger partial charge in [-0.15, -0.1) is 0 Å². The Labute approximate surface area is 362 Å². The van der Waals surface area contributed by atoms with E-state index in [1.165, 1.54) is 38.5 Å². The fourth-order valence-electron chi connectivity index (χ4n) is 8.33. The van der Waals surface area contributed by atoms with E-state index in [-0.39, 0.29) is 23.6 Å². The molecule has 0 aromatic heterocycles. The maximum atomic E-state index is 12.4. The van der Waals surface area contributed by atoms with Crippen LogP contribution in [-0.4, -0.2) is 141 Å². The number of rotatable bonds is 21. The van der Waals surface area contributed by atoms with Gasteiger partial charge in [-0.1, -0.05) is 37.8 Å². The first-order chi connectivity index (χ1) is 29.7. The minimum Gasteiger partial charge on any atom is -0.494 e. The average molecular weight is 842 g/mol. The van der Waals surface area contributed by atoms with Crippen molar-refractivity contribution in [2.24, 2.45) is 17.6 Å². The zero-order chi connectivity index (χ0) is 43.2. The first kappa shape index (κ1) is 46.9.